The van der Waals surface area contributed by atoms with E-state index in [2.05, 4.69) is 55.3 Å². The number of nitrogens with zero attached hydrogens (tertiary/aromatic N) is 1. The molecule has 0 aromatic heterocycles. The zero-order chi connectivity index (χ0) is 12.3. The number of nitrogens with one attached hydrogen (secondary N) is 1. The lowest BCUT2D eigenvalue weighted by molar-refractivity contribution is 0.597. The molecule has 2 rings (SSSR count). The predicted molar refractivity (Wildman–Crippen MR) is 76.6 cm³/mol. The molecule has 1 aromatic carbocycles. The zero-order valence-electron chi connectivity index (χ0n) is 10.7. The fraction of sp³-hybridized carbons (Fsp3) is 0.500. The molecule has 3 heteroatoms. The van der Waals surface area contributed by atoms with Crippen LogP contribution >= 0.6 is 11.8 Å². The summed E-state index contributed by atoms with van der Waals surface area (Å²) in [7, 11) is 0. The third kappa shape index (κ3) is 3.77. The summed E-state index contributed by atoms with van der Waals surface area (Å²) in [5, 5.41) is 5.21. The Bertz CT molecular complexity index is 402. The van der Waals surface area contributed by atoms with Crippen molar-refractivity contribution in [3.8, 4) is 0 Å². The van der Waals surface area contributed by atoms with Crippen molar-refractivity contribution < 1.29 is 0 Å². The molecule has 1 aliphatic heterocycles. The molecule has 0 spiro atoms. The van der Waals surface area contributed by atoms with Crippen molar-refractivity contribution in [2.24, 2.45) is 4.99 Å². The van der Waals surface area contributed by atoms with E-state index < -0.39 is 0 Å². The molecular formula is C14H20N2S. The van der Waals surface area contributed by atoms with Crippen LogP contribution in [0.3, 0.4) is 0 Å². The summed E-state index contributed by atoms with van der Waals surface area (Å²) in [6.45, 7) is 7.38. The van der Waals surface area contributed by atoms with Gasteiger partial charge in [-0.15, -0.1) is 0 Å². The Morgan fingerprint density at radius 1 is 1.41 bits per heavy atom. The number of aryl methyl sites for hydroxylation is 1. The van der Waals surface area contributed by atoms with E-state index in [0.717, 1.165) is 11.7 Å². The number of rotatable bonds is 2. The van der Waals surface area contributed by atoms with E-state index in [0.29, 0.717) is 11.3 Å². The highest BCUT2D eigenvalue weighted by Crippen LogP contribution is 2.22. The summed E-state index contributed by atoms with van der Waals surface area (Å²) in [5.74, 6) is 0. The average molecular weight is 248 g/mol. The largest absolute Gasteiger partial charge is 0.362 e. The van der Waals surface area contributed by atoms with Gasteiger partial charge in [-0.05, 0) is 25.8 Å². The van der Waals surface area contributed by atoms with Gasteiger partial charge < -0.3 is 5.32 Å². The van der Waals surface area contributed by atoms with Gasteiger partial charge in [0.05, 0.1) is 6.54 Å². The van der Waals surface area contributed by atoms with E-state index >= 15 is 0 Å². The molecule has 0 amide bonds. The van der Waals surface area contributed by atoms with Crippen LogP contribution in [0.2, 0.25) is 0 Å². The lowest BCUT2D eigenvalue weighted by atomic mass is 10.1. The minimum atomic E-state index is 0.544. The molecule has 1 fully saturated rings. The first kappa shape index (κ1) is 12.5. The molecule has 1 saturated heterocycles. The van der Waals surface area contributed by atoms with Gasteiger partial charge in [-0.3, -0.25) is 4.99 Å². The van der Waals surface area contributed by atoms with E-state index in [4.69, 9.17) is 0 Å². The Kier molecular flexibility index (Phi) is 4.11. The maximum atomic E-state index is 4.66. The topological polar surface area (TPSA) is 24.4 Å². The van der Waals surface area contributed by atoms with E-state index in [1.54, 1.807) is 0 Å². The molecule has 1 aliphatic rings. The van der Waals surface area contributed by atoms with Gasteiger partial charge in [-0.25, -0.2) is 0 Å². The normalized spacial score (nSPS) is 26.9. The molecule has 2 nitrogen and oxygen atoms in total. The van der Waals surface area contributed by atoms with Crippen molar-refractivity contribution in [1.82, 2.24) is 5.32 Å². The smallest absolute Gasteiger partial charge is 0.157 e. The maximum absolute atomic E-state index is 4.66. The van der Waals surface area contributed by atoms with Crippen LogP contribution in [0, 0.1) is 6.92 Å². The fourth-order valence-corrected chi connectivity index (χ4v) is 3.27. The summed E-state index contributed by atoms with van der Waals surface area (Å²) in [4.78, 5) is 4.66. The lowest BCUT2D eigenvalue weighted by Gasteiger charge is -2.26. The summed E-state index contributed by atoms with van der Waals surface area (Å²) in [6, 6.07) is 9.09. The van der Waals surface area contributed by atoms with Crippen LogP contribution in [0.4, 0.5) is 0 Å². The van der Waals surface area contributed by atoms with Gasteiger partial charge in [-0.1, -0.05) is 48.5 Å². The molecule has 1 heterocycles. The molecule has 92 valence electrons. The molecule has 2 unspecified atom stereocenters. The third-order valence-corrected chi connectivity index (χ3v) is 3.92. The first-order valence-corrected chi connectivity index (χ1v) is 7.04. The van der Waals surface area contributed by atoms with Gasteiger partial charge in [0.15, 0.2) is 5.17 Å². The second-order valence-corrected chi connectivity index (χ2v) is 6.25. The molecule has 1 aromatic rings. The summed E-state index contributed by atoms with van der Waals surface area (Å²) >= 11 is 1.85. The molecule has 1 N–H and O–H groups in total. The SMILES string of the molecule is Cc1cccc(CN=C2NC(C)CC(C)S2)c1. The van der Waals surface area contributed by atoms with Gasteiger partial charge >= 0.3 is 0 Å². The molecule has 0 saturated carbocycles. The number of amidine groups is 1. The summed E-state index contributed by atoms with van der Waals surface area (Å²) in [6.07, 6.45) is 1.22. The Hall–Kier alpha value is -0.960. The minimum absolute atomic E-state index is 0.544. The van der Waals surface area contributed by atoms with Crippen molar-refractivity contribution in [3.63, 3.8) is 0 Å². The van der Waals surface area contributed by atoms with Crippen LogP contribution in [-0.4, -0.2) is 16.5 Å². The van der Waals surface area contributed by atoms with Crippen LogP contribution in [0.15, 0.2) is 29.3 Å². The fourth-order valence-electron chi connectivity index (χ4n) is 2.10. The molecule has 0 aliphatic carbocycles. The molecule has 17 heavy (non-hydrogen) atoms. The van der Waals surface area contributed by atoms with Crippen LogP contribution in [0.25, 0.3) is 0 Å². The monoisotopic (exact) mass is 248 g/mol. The Balaban J connectivity index is 2.00. The van der Waals surface area contributed by atoms with Crippen molar-refractivity contribution in [1.29, 1.82) is 0 Å². The van der Waals surface area contributed by atoms with Crippen LogP contribution in [0.5, 0.6) is 0 Å². The standard InChI is InChI=1S/C14H20N2S/c1-10-5-4-6-13(7-10)9-15-14-16-11(2)8-12(3)17-14/h4-7,11-12H,8-9H2,1-3H3,(H,15,16). The Morgan fingerprint density at radius 3 is 2.94 bits per heavy atom. The molecule has 0 radical (unpaired) electrons. The van der Waals surface area contributed by atoms with Crippen molar-refractivity contribution >= 4 is 16.9 Å². The number of hydrogen-bond acceptors (Lipinski definition) is 2. The number of benzene rings is 1. The number of hydrogen-bond donors (Lipinski definition) is 1. The zero-order valence-corrected chi connectivity index (χ0v) is 11.6. The van der Waals surface area contributed by atoms with Gasteiger partial charge in [0.25, 0.3) is 0 Å². The maximum Gasteiger partial charge on any atom is 0.157 e. The van der Waals surface area contributed by atoms with Crippen LogP contribution in [-0.2, 0) is 6.54 Å². The van der Waals surface area contributed by atoms with E-state index in [-0.39, 0.29) is 0 Å². The predicted octanol–water partition coefficient (Wildman–Crippen LogP) is 3.35. The summed E-state index contributed by atoms with van der Waals surface area (Å²) in [5.41, 5.74) is 2.58. The lowest BCUT2D eigenvalue weighted by Crippen LogP contribution is -2.38. The van der Waals surface area contributed by atoms with E-state index in [9.17, 15) is 0 Å². The number of thioether (sulfide) groups is 1. The third-order valence-electron chi connectivity index (χ3n) is 2.86. The van der Waals surface area contributed by atoms with E-state index in [1.165, 1.54) is 17.5 Å². The first-order valence-electron chi connectivity index (χ1n) is 6.16. The van der Waals surface area contributed by atoms with Gasteiger partial charge in [-0.2, -0.15) is 0 Å². The van der Waals surface area contributed by atoms with Crippen LogP contribution in [0.1, 0.15) is 31.4 Å². The van der Waals surface area contributed by atoms with Gasteiger partial charge in [0.2, 0.25) is 0 Å². The van der Waals surface area contributed by atoms with Crippen molar-refractivity contribution in [2.75, 3.05) is 0 Å². The molecular weight excluding hydrogens is 228 g/mol. The molecule has 0 bridgehead atoms. The number of aliphatic imine (C=N–C) groups is 1. The highest BCUT2D eigenvalue weighted by molar-refractivity contribution is 8.14. The average Bonchev–Trinajstić information content (AvgIpc) is 2.25. The highest BCUT2D eigenvalue weighted by atomic mass is 32.2. The Labute approximate surface area is 108 Å². The van der Waals surface area contributed by atoms with Crippen molar-refractivity contribution in [2.45, 2.75) is 45.0 Å². The van der Waals surface area contributed by atoms with Gasteiger partial charge in [0, 0.05) is 11.3 Å². The minimum Gasteiger partial charge on any atom is -0.362 e. The second-order valence-electron chi connectivity index (χ2n) is 4.82. The highest BCUT2D eigenvalue weighted by Gasteiger charge is 2.19. The van der Waals surface area contributed by atoms with Crippen LogP contribution < -0.4 is 5.32 Å². The van der Waals surface area contributed by atoms with Gasteiger partial charge in [0.1, 0.15) is 0 Å². The second kappa shape index (κ2) is 5.58. The first-order chi connectivity index (χ1) is 8.13. The summed E-state index contributed by atoms with van der Waals surface area (Å²) < 4.78 is 0. The quantitative estimate of drug-likeness (QED) is 0.868. The Morgan fingerprint density at radius 2 is 2.24 bits per heavy atom. The van der Waals surface area contributed by atoms with Crippen molar-refractivity contribution in [3.05, 3.63) is 35.4 Å². The van der Waals surface area contributed by atoms with E-state index in [1.807, 2.05) is 11.8 Å². The molecule has 2 atom stereocenters.